The molecule has 2 atom stereocenters. The molecule has 26 heavy (non-hydrogen) atoms. The number of nitrogens with zero attached hydrogens (tertiary/aromatic N) is 4. The standard InChI is InChI=1S/C15H18ClN5O3S2/c1-9-4-3-5-10(2)14(9)21-15(18-19-20-21)25-6-13(22)17-12-8-26(23,24)7-11(12)16/h3-5,11-12H,6-8H2,1-2H3,(H,17,22)/t11-,12+/m1/s1. The number of benzene rings is 1. The van der Waals surface area contributed by atoms with Gasteiger partial charge in [-0.1, -0.05) is 30.0 Å². The molecule has 1 aliphatic rings. The van der Waals surface area contributed by atoms with Crippen molar-refractivity contribution in [1.29, 1.82) is 0 Å². The molecule has 1 saturated heterocycles. The molecule has 3 rings (SSSR count). The first-order valence-electron chi connectivity index (χ1n) is 7.88. The van der Waals surface area contributed by atoms with Crippen molar-refractivity contribution < 1.29 is 13.2 Å². The largest absolute Gasteiger partial charge is 0.350 e. The van der Waals surface area contributed by atoms with E-state index in [1.165, 1.54) is 11.8 Å². The summed E-state index contributed by atoms with van der Waals surface area (Å²) in [5, 5.41) is 14.3. The number of carbonyl (C=O) groups excluding carboxylic acids is 1. The van der Waals surface area contributed by atoms with Crippen LogP contribution >= 0.6 is 23.4 Å². The van der Waals surface area contributed by atoms with E-state index >= 15 is 0 Å². The first-order chi connectivity index (χ1) is 12.3. The third-order valence-corrected chi connectivity index (χ3v) is 7.35. The van der Waals surface area contributed by atoms with E-state index in [-0.39, 0.29) is 23.2 Å². The molecule has 2 heterocycles. The first-order valence-corrected chi connectivity index (χ1v) is 11.1. The van der Waals surface area contributed by atoms with Gasteiger partial charge in [-0.2, -0.15) is 4.68 Å². The van der Waals surface area contributed by atoms with Gasteiger partial charge in [0.1, 0.15) is 0 Å². The molecule has 0 radical (unpaired) electrons. The predicted octanol–water partition coefficient (Wildman–Crippen LogP) is 0.892. The van der Waals surface area contributed by atoms with E-state index in [2.05, 4.69) is 20.8 Å². The average Bonchev–Trinajstić information content (AvgIpc) is 3.09. The Morgan fingerprint density at radius 2 is 2.04 bits per heavy atom. The lowest BCUT2D eigenvalue weighted by Gasteiger charge is -2.14. The molecule has 0 spiro atoms. The number of hydrogen-bond donors (Lipinski definition) is 1. The fourth-order valence-electron chi connectivity index (χ4n) is 2.86. The maximum Gasteiger partial charge on any atom is 0.230 e. The highest BCUT2D eigenvalue weighted by molar-refractivity contribution is 7.99. The van der Waals surface area contributed by atoms with Crippen LogP contribution in [-0.2, 0) is 14.6 Å². The smallest absolute Gasteiger partial charge is 0.230 e. The van der Waals surface area contributed by atoms with Crippen molar-refractivity contribution in [3.8, 4) is 5.69 Å². The summed E-state index contributed by atoms with van der Waals surface area (Å²) >= 11 is 7.19. The highest BCUT2D eigenvalue weighted by Crippen LogP contribution is 2.23. The van der Waals surface area contributed by atoms with Crippen LogP contribution in [0, 0.1) is 13.8 Å². The molecule has 0 bridgehead atoms. The summed E-state index contributed by atoms with van der Waals surface area (Å²) in [7, 11) is -3.19. The number of sulfone groups is 1. The molecular weight excluding hydrogens is 398 g/mol. The third kappa shape index (κ3) is 4.18. The fraction of sp³-hybridized carbons (Fsp3) is 0.467. The number of carbonyl (C=O) groups is 1. The number of halogens is 1. The molecular formula is C15H18ClN5O3S2. The normalized spacial score (nSPS) is 21.7. The number of rotatable bonds is 5. The van der Waals surface area contributed by atoms with Crippen molar-refractivity contribution in [2.75, 3.05) is 17.3 Å². The van der Waals surface area contributed by atoms with Crippen molar-refractivity contribution in [2.24, 2.45) is 0 Å². The lowest BCUT2D eigenvalue weighted by molar-refractivity contribution is -0.119. The molecule has 11 heteroatoms. The Labute approximate surface area is 160 Å². The van der Waals surface area contributed by atoms with Gasteiger partial charge >= 0.3 is 0 Å². The summed E-state index contributed by atoms with van der Waals surface area (Å²) in [5.74, 6) is -0.487. The van der Waals surface area contributed by atoms with Gasteiger partial charge in [-0.15, -0.1) is 16.7 Å². The van der Waals surface area contributed by atoms with Gasteiger partial charge in [0, 0.05) is 0 Å². The van der Waals surface area contributed by atoms with Gasteiger partial charge in [0.05, 0.1) is 34.4 Å². The monoisotopic (exact) mass is 415 g/mol. The molecule has 1 aromatic carbocycles. The Morgan fingerprint density at radius 3 is 2.65 bits per heavy atom. The highest BCUT2D eigenvalue weighted by atomic mass is 35.5. The number of para-hydroxylation sites is 1. The van der Waals surface area contributed by atoms with Gasteiger partial charge in [-0.25, -0.2) is 8.42 Å². The number of tetrazole rings is 1. The third-order valence-electron chi connectivity index (χ3n) is 4.05. The number of aromatic nitrogens is 4. The second-order valence-electron chi connectivity index (χ2n) is 6.17. The number of hydrogen-bond acceptors (Lipinski definition) is 7. The molecule has 2 aromatic rings. The van der Waals surface area contributed by atoms with Crippen molar-refractivity contribution in [3.63, 3.8) is 0 Å². The summed E-state index contributed by atoms with van der Waals surface area (Å²) in [5.41, 5.74) is 2.91. The minimum atomic E-state index is -3.19. The van der Waals surface area contributed by atoms with Crippen molar-refractivity contribution in [1.82, 2.24) is 25.5 Å². The van der Waals surface area contributed by atoms with Gasteiger partial charge in [0.2, 0.25) is 11.1 Å². The second-order valence-corrected chi connectivity index (χ2v) is 9.83. The van der Waals surface area contributed by atoms with Crippen LogP contribution in [0.25, 0.3) is 5.69 Å². The maximum atomic E-state index is 12.2. The summed E-state index contributed by atoms with van der Waals surface area (Å²) in [4.78, 5) is 12.2. The Morgan fingerprint density at radius 1 is 1.35 bits per heavy atom. The van der Waals surface area contributed by atoms with Crippen LogP contribution in [0.5, 0.6) is 0 Å². The van der Waals surface area contributed by atoms with E-state index in [9.17, 15) is 13.2 Å². The minimum absolute atomic E-state index is 0.0610. The van der Waals surface area contributed by atoms with Crippen LogP contribution in [0.2, 0.25) is 0 Å². The molecule has 0 aliphatic carbocycles. The average molecular weight is 416 g/mol. The van der Waals surface area contributed by atoms with Gasteiger partial charge in [-0.05, 0) is 35.4 Å². The Hall–Kier alpha value is -1.65. The first kappa shape index (κ1) is 19.1. The fourth-order valence-corrected chi connectivity index (χ4v) is 6.10. The second kappa shape index (κ2) is 7.53. The Kier molecular flexibility index (Phi) is 5.54. The van der Waals surface area contributed by atoms with Crippen molar-refractivity contribution in [2.45, 2.75) is 30.4 Å². The number of nitrogens with one attached hydrogen (secondary N) is 1. The summed E-state index contributed by atoms with van der Waals surface area (Å²) in [6.45, 7) is 3.93. The lowest BCUT2D eigenvalue weighted by Crippen LogP contribution is -2.41. The molecule has 1 aliphatic heterocycles. The predicted molar refractivity (Wildman–Crippen MR) is 99.6 cm³/mol. The molecule has 1 fully saturated rings. The minimum Gasteiger partial charge on any atom is -0.350 e. The molecule has 140 valence electrons. The van der Waals surface area contributed by atoms with Crippen LogP contribution in [0.1, 0.15) is 11.1 Å². The van der Waals surface area contributed by atoms with Gasteiger partial charge in [0.25, 0.3) is 0 Å². The Balaban J connectivity index is 1.66. The van der Waals surface area contributed by atoms with Crippen LogP contribution in [0.3, 0.4) is 0 Å². The summed E-state index contributed by atoms with van der Waals surface area (Å²) in [6, 6.07) is 5.32. The van der Waals surface area contributed by atoms with Gasteiger partial charge in [0.15, 0.2) is 9.84 Å². The quantitative estimate of drug-likeness (QED) is 0.570. The van der Waals surface area contributed by atoms with Crippen molar-refractivity contribution >= 4 is 39.1 Å². The molecule has 0 unspecified atom stereocenters. The molecule has 1 N–H and O–H groups in total. The molecule has 0 saturated carbocycles. The van der Waals surface area contributed by atoms with E-state index in [0.29, 0.717) is 5.16 Å². The zero-order valence-electron chi connectivity index (χ0n) is 14.2. The molecule has 1 aromatic heterocycles. The van der Waals surface area contributed by atoms with Gasteiger partial charge < -0.3 is 5.32 Å². The maximum absolute atomic E-state index is 12.2. The topological polar surface area (TPSA) is 107 Å². The SMILES string of the molecule is Cc1cccc(C)c1-n1nnnc1SCC(=O)N[C@H]1CS(=O)(=O)C[C@H]1Cl. The number of thioether (sulfide) groups is 1. The van der Waals surface area contributed by atoms with E-state index in [1.807, 2.05) is 32.0 Å². The van der Waals surface area contributed by atoms with Crippen molar-refractivity contribution in [3.05, 3.63) is 29.3 Å². The van der Waals surface area contributed by atoms with Gasteiger partial charge in [-0.3, -0.25) is 4.79 Å². The number of alkyl halides is 1. The van der Waals surface area contributed by atoms with Crippen LogP contribution in [0.4, 0.5) is 0 Å². The summed E-state index contributed by atoms with van der Waals surface area (Å²) < 4.78 is 24.7. The summed E-state index contributed by atoms with van der Waals surface area (Å²) in [6.07, 6.45) is 0. The van der Waals surface area contributed by atoms with E-state index < -0.39 is 21.3 Å². The zero-order chi connectivity index (χ0) is 18.9. The van der Waals surface area contributed by atoms with E-state index in [4.69, 9.17) is 11.6 Å². The number of aryl methyl sites for hydroxylation is 2. The number of amides is 1. The van der Waals surface area contributed by atoms with Crippen LogP contribution < -0.4 is 5.32 Å². The Bertz CT molecular complexity index is 911. The van der Waals surface area contributed by atoms with Crippen LogP contribution in [-0.4, -0.2) is 63.2 Å². The molecule has 1 amide bonds. The lowest BCUT2D eigenvalue weighted by atomic mass is 10.1. The highest BCUT2D eigenvalue weighted by Gasteiger charge is 2.37. The van der Waals surface area contributed by atoms with E-state index in [0.717, 1.165) is 16.8 Å². The zero-order valence-corrected chi connectivity index (χ0v) is 16.6. The van der Waals surface area contributed by atoms with E-state index in [1.54, 1.807) is 4.68 Å². The van der Waals surface area contributed by atoms with Crippen LogP contribution in [0.15, 0.2) is 23.4 Å². The molecule has 8 nitrogen and oxygen atoms in total.